The predicted molar refractivity (Wildman–Crippen MR) is 128 cm³/mol. The van der Waals surface area contributed by atoms with Crippen LogP contribution in [0.25, 0.3) is 0 Å². The Morgan fingerprint density at radius 3 is 2.43 bits per heavy atom. The Kier molecular flexibility index (Phi) is 9.72. The van der Waals surface area contributed by atoms with Gasteiger partial charge in [0.2, 0.25) is 0 Å². The molecule has 1 heterocycles. The summed E-state index contributed by atoms with van der Waals surface area (Å²) in [6.07, 6.45) is 6.33. The lowest BCUT2D eigenvalue weighted by atomic mass is 9.95. The van der Waals surface area contributed by atoms with E-state index in [1.165, 1.54) is 11.1 Å². The molecule has 1 aliphatic rings. The Bertz CT molecular complexity index is 842. The first-order valence-corrected chi connectivity index (χ1v) is 10.6. The van der Waals surface area contributed by atoms with Crippen molar-refractivity contribution in [3.8, 4) is 5.75 Å². The smallest absolute Gasteiger partial charge is 0.192 e. The van der Waals surface area contributed by atoms with Crippen molar-refractivity contribution in [2.75, 3.05) is 7.11 Å². The maximum absolute atomic E-state index is 5.44. The molecular formula is C26H35N3O. The fourth-order valence-corrected chi connectivity index (χ4v) is 3.40. The molecule has 0 aromatic heterocycles. The summed E-state index contributed by atoms with van der Waals surface area (Å²) in [5.41, 5.74) is 3.69. The minimum absolute atomic E-state index is 0.177. The Morgan fingerprint density at radius 2 is 1.77 bits per heavy atom. The third-order valence-electron chi connectivity index (χ3n) is 4.92. The van der Waals surface area contributed by atoms with E-state index in [1.807, 2.05) is 25.1 Å². The maximum Gasteiger partial charge on any atom is 0.192 e. The van der Waals surface area contributed by atoms with Crippen molar-refractivity contribution in [3.63, 3.8) is 0 Å². The molecule has 4 heteroatoms. The third-order valence-corrected chi connectivity index (χ3v) is 4.92. The van der Waals surface area contributed by atoms with Gasteiger partial charge in [-0.15, -0.1) is 6.58 Å². The van der Waals surface area contributed by atoms with Gasteiger partial charge >= 0.3 is 0 Å². The van der Waals surface area contributed by atoms with Gasteiger partial charge in [0.15, 0.2) is 5.96 Å². The van der Waals surface area contributed by atoms with E-state index in [0.717, 1.165) is 30.1 Å². The molecule has 0 spiro atoms. The molecule has 1 saturated heterocycles. The summed E-state index contributed by atoms with van der Waals surface area (Å²) in [6.45, 7) is 10.2. The van der Waals surface area contributed by atoms with Gasteiger partial charge in [0.05, 0.1) is 25.7 Å². The molecule has 3 rings (SSSR count). The van der Waals surface area contributed by atoms with Crippen LogP contribution < -0.4 is 15.4 Å². The number of nitrogens with zero attached hydrogens (tertiary/aromatic N) is 1. The summed E-state index contributed by atoms with van der Waals surface area (Å²) in [7, 11) is 1.70. The van der Waals surface area contributed by atoms with Crippen molar-refractivity contribution in [3.05, 3.63) is 90.0 Å². The van der Waals surface area contributed by atoms with Gasteiger partial charge in [0, 0.05) is 5.56 Å². The average molecular weight is 406 g/mol. The van der Waals surface area contributed by atoms with Gasteiger partial charge < -0.3 is 15.4 Å². The molecule has 1 fully saturated rings. The van der Waals surface area contributed by atoms with E-state index in [1.54, 1.807) is 13.2 Å². The number of hydrogen-bond acceptors (Lipinski definition) is 2. The number of unbranched alkanes of at least 4 members (excludes halogenated alkanes) is 1. The fourth-order valence-electron chi connectivity index (χ4n) is 3.40. The zero-order valence-electron chi connectivity index (χ0n) is 18.7. The number of nitrogens with one attached hydrogen (secondary N) is 2. The second kappa shape index (κ2) is 12.5. The number of benzene rings is 2. The van der Waals surface area contributed by atoms with Crippen LogP contribution in [0.5, 0.6) is 5.75 Å². The van der Waals surface area contributed by atoms with Crippen LogP contribution in [0.4, 0.5) is 0 Å². The topological polar surface area (TPSA) is 45.7 Å². The standard InChI is InChI=1S/C23H29N3O.C3H6/c1-4-5-11-17(2)21-22(18-12-7-6-8-13-18)26-23(25-21)24-16-19-14-9-10-15-20(19)27-3;1-3-2/h6-15,21-22H,4-5,16H2,1-3H3,(H2,24,25,26);3H,1H2,2H3/b17-11+;/t21?,22-;/m0./s1. The molecule has 0 bridgehead atoms. The summed E-state index contributed by atoms with van der Waals surface area (Å²) in [6, 6.07) is 19.0. The van der Waals surface area contributed by atoms with E-state index in [9.17, 15) is 0 Å². The van der Waals surface area contributed by atoms with Crippen LogP contribution >= 0.6 is 0 Å². The van der Waals surface area contributed by atoms with Gasteiger partial charge in [0.25, 0.3) is 0 Å². The summed E-state index contributed by atoms with van der Waals surface area (Å²) in [4.78, 5) is 4.78. The lowest BCUT2D eigenvalue weighted by molar-refractivity contribution is 0.410. The highest BCUT2D eigenvalue weighted by Crippen LogP contribution is 2.26. The van der Waals surface area contributed by atoms with E-state index >= 15 is 0 Å². The molecular weight excluding hydrogens is 370 g/mol. The molecule has 2 aromatic carbocycles. The van der Waals surface area contributed by atoms with Crippen LogP contribution in [0.2, 0.25) is 0 Å². The predicted octanol–water partition coefficient (Wildman–Crippen LogP) is 5.79. The van der Waals surface area contributed by atoms with Gasteiger partial charge in [-0.3, -0.25) is 0 Å². The summed E-state index contributed by atoms with van der Waals surface area (Å²) in [5.74, 6) is 1.71. The molecule has 2 atom stereocenters. The van der Waals surface area contributed by atoms with Crippen LogP contribution in [-0.4, -0.2) is 19.1 Å². The van der Waals surface area contributed by atoms with E-state index in [4.69, 9.17) is 9.73 Å². The van der Waals surface area contributed by atoms with E-state index < -0.39 is 0 Å². The second-order valence-electron chi connectivity index (χ2n) is 7.28. The average Bonchev–Trinajstić information content (AvgIpc) is 3.22. The lowest BCUT2D eigenvalue weighted by Gasteiger charge is -2.20. The minimum Gasteiger partial charge on any atom is -0.496 e. The molecule has 0 aliphatic carbocycles. The van der Waals surface area contributed by atoms with E-state index in [0.29, 0.717) is 6.54 Å². The quantitative estimate of drug-likeness (QED) is 0.573. The first-order valence-electron chi connectivity index (χ1n) is 10.6. The molecule has 2 aromatic rings. The van der Waals surface area contributed by atoms with Crippen LogP contribution in [0.3, 0.4) is 0 Å². The molecule has 0 radical (unpaired) electrons. The van der Waals surface area contributed by atoms with E-state index in [-0.39, 0.29) is 12.1 Å². The first kappa shape index (κ1) is 23.3. The van der Waals surface area contributed by atoms with Crippen molar-refractivity contribution in [2.24, 2.45) is 4.99 Å². The molecule has 0 amide bonds. The zero-order valence-corrected chi connectivity index (χ0v) is 18.7. The number of allylic oxidation sites excluding steroid dienone is 2. The zero-order chi connectivity index (χ0) is 21.8. The summed E-state index contributed by atoms with van der Waals surface area (Å²) in [5, 5.41) is 7.17. The SMILES string of the molecule is C=CC.CCC/C=C(\C)C1NC(=NCc2ccccc2OC)N[C@H]1c1ccccc1. The maximum atomic E-state index is 5.44. The van der Waals surface area contributed by atoms with Crippen molar-refractivity contribution in [1.82, 2.24) is 10.6 Å². The van der Waals surface area contributed by atoms with Crippen LogP contribution in [0.15, 0.2) is 83.9 Å². The van der Waals surface area contributed by atoms with Crippen LogP contribution in [0.1, 0.15) is 50.8 Å². The van der Waals surface area contributed by atoms with Crippen molar-refractivity contribution in [1.29, 1.82) is 0 Å². The Hall–Kier alpha value is -3.01. The summed E-state index contributed by atoms with van der Waals surface area (Å²) >= 11 is 0. The van der Waals surface area contributed by atoms with Gasteiger partial charge in [-0.2, -0.15) is 0 Å². The molecule has 160 valence electrons. The summed E-state index contributed by atoms with van der Waals surface area (Å²) < 4.78 is 5.44. The number of rotatable bonds is 7. The normalized spacial score (nSPS) is 19.3. The molecule has 2 N–H and O–H groups in total. The number of hydrogen-bond donors (Lipinski definition) is 2. The second-order valence-corrected chi connectivity index (χ2v) is 7.28. The minimum atomic E-state index is 0.177. The van der Waals surface area contributed by atoms with Crippen molar-refractivity contribution < 1.29 is 4.74 Å². The van der Waals surface area contributed by atoms with Crippen molar-refractivity contribution in [2.45, 2.75) is 52.2 Å². The highest BCUT2D eigenvalue weighted by atomic mass is 16.5. The third kappa shape index (κ3) is 6.51. The van der Waals surface area contributed by atoms with E-state index in [2.05, 4.69) is 73.5 Å². The van der Waals surface area contributed by atoms with Crippen LogP contribution in [-0.2, 0) is 6.54 Å². The van der Waals surface area contributed by atoms with Gasteiger partial charge in [-0.05, 0) is 31.9 Å². The lowest BCUT2D eigenvalue weighted by Crippen LogP contribution is -2.29. The molecule has 1 aliphatic heterocycles. The molecule has 1 unspecified atom stereocenters. The Labute approximate surface area is 181 Å². The number of para-hydroxylation sites is 1. The molecule has 4 nitrogen and oxygen atoms in total. The van der Waals surface area contributed by atoms with Crippen molar-refractivity contribution >= 4 is 5.96 Å². The number of ether oxygens (including phenoxy) is 1. The highest BCUT2D eigenvalue weighted by Gasteiger charge is 2.32. The first-order chi connectivity index (χ1) is 14.6. The largest absolute Gasteiger partial charge is 0.496 e. The van der Waals surface area contributed by atoms with Gasteiger partial charge in [-0.25, -0.2) is 4.99 Å². The highest BCUT2D eigenvalue weighted by molar-refractivity contribution is 5.84. The Morgan fingerprint density at radius 1 is 1.10 bits per heavy atom. The number of methoxy groups -OCH3 is 1. The fraction of sp³-hybridized carbons (Fsp3) is 0.346. The number of guanidine groups is 1. The molecule has 0 saturated carbocycles. The Balaban J connectivity index is 0.00000101. The molecule has 30 heavy (non-hydrogen) atoms. The number of aliphatic imine (C=N–C) groups is 1. The monoisotopic (exact) mass is 405 g/mol. The van der Waals surface area contributed by atoms with Gasteiger partial charge in [-0.1, -0.05) is 79.6 Å². The van der Waals surface area contributed by atoms with Gasteiger partial charge in [0.1, 0.15) is 5.75 Å². The van der Waals surface area contributed by atoms with Crippen LogP contribution in [0, 0.1) is 0 Å².